The average Bonchev–Trinajstić information content (AvgIpc) is 3.26. The summed E-state index contributed by atoms with van der Waals surface area (Å²) < 4.78 is 2.93. The zero-order valence-corrected chi connectivity index (χ0v) is 15.9. The van der Waals surface area contributed by atoms with Gasteiger partial charge in [-0.25, -0.2) is 0 Å². The minimum atomic E-state index is 0.143. The van der Waals surface area contributed by atoms with E-state index in [0.29, 0.717) is 5.92 Å². The maximum Gasteiger partial charge on any atom is 0.223 e. The van der Waals surface area contributed by atoms with E-state index in [4.69, 9.17) is 0 Å². The van der Waals surface area contributed by atoms with Crippen molar-refractivity contribution in [1.82, 2.24) is 0 Å². The van der Waals surface area contributed by atoms with Crippen LogP contribution in [0.25, 0.3) is 0 Å². The molecule has 23 heavy (non-hydrogen) atoms. The van der Waals surface area contributed by atoms with Gasteiger partial charge in [-0.1, -0.05) is 41.7 Å². The number of fused-ring (bicyclic) bond motifs is 1. The van der Waals surface area contributed by atoms with Crippen LogP contribution in [0.2, 0.25) is 0 Å². The highest BCUT2D eigenvalue weighted by atomic mass is 32.2. The molecule has 2 nitrogen and oxygen atoms in total. The zero-order valence-electron chi connectivity index (χ0n) is 12.6. The highest BCUT2D eigenvalue weighted by molar-refractivity contribution is 8.32. The summed E-state index contributed by atoms with van der Waals surface area (Å²) >= 11 is 5.54. The summed E-state index contributed by atoms with van der Waals surface area (Å²) in [4.78, 5) is 13.9. The van der Waals surface area contributed by atoms with Crippen LogP contribution in [0, 0.1) is 0 Å². The Bertz CT molecular complexity index is 730. The molecule has 6 heteroatoms. The SMILES string of the molecule is CC(=O)N1CC(C[S+]2C=CSC2=C2SC=CS2)c2ccccc21. The number of hydrogen-bond donors (Lipinski definition) is 0. The molecule has 2 unspecified atom stereocenters. The van der Waals surface area contributed by atoms with E-state index >= 15 is 0 Å². The van der Waals surface area contributed by atoms with E-state index in [9.17, 15) is 4.79 Å². The number of thioether (sulfide) groups is 3. The summed E-state index contributed by atoms with van der Waals surface area (Å²) in [5.74, 6) is 1.68. The molecule has 0 N–H and O–H groups in total. The molecule has 0 aromatic heterocycles. The van der Waals surface area contributed by atoms with Crippen LogP contribution in [0.5, 0.6) is 0 Å². The number of para-hydroxylation sites is 1. The van der Waals surface area contributed by atoms with Crippen LogP contribution >= 0.6 is 35.3 Å². The summed E-state index contributed by atoms with van der Waals surface area (Å²) in [6.45, 7) is 2.48. The predicted molar refractivity (Wildman–Crippen MR) is 108 cm³/mol. The minimum Gasteiger partial charge on any atom is -0.312 e. The van der Waals surface area contributed by atoms with Gasteiger partial charge in [0.2, 0.25) is 10.1 Å². The van der Waals surface area contributed by atoms with E-state index in [1.54, 1.807) is 6.92 Å². The Morgan fingerprint density at radius 3 is 2.78 bits per heavy atom. The van der Waals surface area contributed by atoms with E-state index in [0.717, 1.165) is 18.0 Å². The number of benzene rings is 1. The molecule has 0 spiro atoms. The van der Waals surface area contributed by atoms with E-state index in [1.807, 2.05) is 46.3 Å². The zero-order chi connectivity index (χ0) is 15.8. The molecule has 0 fully saturated rings. The lowest BCUT2D eigenvalue weighted by molar-refractivity contribution is -0.116. The van der Waals surface area contributed by atoms with E-state index < -0.39 is 0 Å². The predicted octanol–water partition coefficient (Wildman–Crippen LogP) is 5.05. The van der Waals surface area contributed by atoms with Crippen molar-refractivity contribution in [2.45, 2.75) is 12.8 Å². The van der Waals surface area contributed by atoms with Crippen molar-refractivity contribution >= 4 is 57.8 Å². The molecule has 3 aliphatic rings. The van der Waals surface area contributed by atoms with Gasteiger partial charge in [-0.05, 0) is 34.2 Å². The van der Waals surface area contributed by atoms with Crippen LogP contribution in [0.15, 0.2) is 54.4 Å². The van der Waals surface area contributed by atoms with Gasteiger partial charge >= 0.3 is 0 Å². The second-order valence-corrected chi connectivity index (χ2v) is 10.6. The first kappa shape index (κ1) is 15.8. The van der Waals surface area contributed by atoms with Crippen LogP contribution in [0.3, 0.4) is 0 Å². The Labute approximate surface area is 152 Å². The van der Waals surface area contributed by atoms with Crippen LogP contribution in [0.4, 0.5) is 5.69 Å². The number of nitrogens with zero attached hydrogens (tertiary/aromatic N) is 1. The van der Waals surface area contributed by atoms with E-state index in [1.165, 1.54) is 14.0 Å². The lowest BCUT2D eigenvalue weighted by Gasteiger charge is -2.14. The van der Waals surface area contributed by atoms with Crippen LogP contribution < -0.4 is 4.90 Å². The molecule has 3 heterocycles. The number of anilines is 1. The van der Waals surface area contributed by atoms with Crippen LogP contribution in [-0.2, 0) is 15.7 Å². The molecule has 0 saturated heterocycles. The Morgan fingerprint density at radius 1 is 1.22 bits per heavy atom. The number of amides is 1. The quantitative estimate of drug-likeness (QED) is 0.671. The lowest BCUT2D eigenvalue weighted by Crippen LogP contribution is -2.28. The molecule has 0 aliphatic carbocycles. The van der Waals surface area contributed by atoms with Gasteiger partial charge in [0.05, 0.1) is 10.9 Å². The maximum atomic E-state index is 12.0. The van der Waals surface area contributed by atoms with Gasteiger partial charge in [-0.15, -0.1) is 0 Å². The third-order valence-corrected chi connectivity index (χ3v) is 10.4. The molecule has 3 aliphatic heterocycles. The fourth-order valence-corrected chi connectivity index (χ4v) is 9.30. The Balaban J connectivity index is 1.59. The Hall–Kier alpha value is -0.690. The van der Waals surface area contributed by atoms with E-state index in [2.05, 4.69) is 39.8 Å². The van der Waals surface area contributed by atoms with Crippen molar-refractivity contribution in [2.24, 2.45) is 0 Å². The second-order valence-electron chi connectivity index (χ2n) is 5.45. The van der Waals surface area contributed by atoms with Gasteiger partial charge in [0, 0.05) is 30.5 Å². The van der Waals surface area contributed by atoms with Gasteiger partial charge in [-0.3, -0.25) is 4.79 Å². The molecule has 0 radical (unpaired) electrons. The van der Waals surface area contributed by atoms with Gasteiger partial charge in [0.25, 0.3) is 0 Å². The fraction of sp³-hybridized carbons (Fsp3) is 0.235. The first-order chi connectivity index (χ1) is 11.2. The van der Waals surface area contributed by atoms with Crippen LogP contribution in [-0.4, -0.2) is 18.2 Å². The Kier molecular flexibility index (Phi) is 4.58. The normalized spacial score (nSPS) is 25.5. The smallest absolute Gasteiger partial charge is 0.223 e. The topological polar surface area (TPSA) is 20.3 Å². The Morgan fingerprint density at radius 2 is 2.00 bits per heavy atom. The fourth-order valence-electron chi connectivity index (χ4n) is 3.02. The molecule has 1 aromatic carbocycles. The van der Waals surface area contributed by atoms with Gasteiger partial charge in [0.1, 0.15) is 15.4 Å². The minimum absolute atomic E-state index is 0.143. The molecule has 0 saturated carbocycles. The maximum absolute atomic E-state index is 12.0. The first-order valence-electron chi connectivity index (χ1n) is 7.36. The summed E-state index contributed by atoms with van der Waals surface area (Å²) in [5.41, 5.74) is 2.43. The summed E-state index contributed by atoms with van der Waals surface area (Å²) in [7, 11) is 0.162. The third-order valence-electron chi connectivity index (χ3n) is 4.04. The molecule has 4 rings (SSSR count). The molecular weight excluding hydrogens is 362 g/mol. The van der Waals surface area contributed by atoms with Gasteiger partial charge in [-0.2, -0.15) is 0 Å². The number of carbonyl (C=O) groups is 1. The number of carbonyl (C=O) groups excluding carboxylic acids is 1. The molecule has 2 atom stereocenters. The number of rotatable bonds is 2. The van der Waals surface area contributed by atoms with Crippen molar-refractivity contribution in [1.29, 1.82) is 0 Å². The van der Waals surface area contributed by atoms with Crippen molar-refractivity contribution in [2.75, 3.05) is 17.2 Å². The van der Waals surface area contributed by atoms with Gasteiger partial charge < -0.3 is 4.90 Å². The average molecular weight is 379 g/mol. The molecule has 1 aromatic rings. The van der Waals surface area contributed by atoms with Crippen molar-refractivity contribution in [3.8, 4) is 0 Å². The first-order valence-corrected chi connectivity index (χ1v) is 11.5. The van der Waals surface area contributed by atoms with Crippen LogP contribution in [0.1, 0.15) is 18.4 Å². The van der Waals surface area contributed by atoms with Crippen molar-refractivity contribution in [3.05, 3.63) is 59.9 Å². The molecule has 0 bridgehead atoms. The monoisotopic (exact) mass is 378 g/mol. The van der Waals surface area contributed by atoms with Crippen molar-refractivity contribution in [3.63, 3.8) is 0 Å². The third kappa shape index (κ3) is 3.02. The lowest BCUT2D eigenvalue weighted by atomic mass is 10.0. The molecule has 118 valence electrons. The largest absolute Gasteiger partial charge is 0.312 e. The standard InChI is InChI=1S/C17H16NOS4/c1-12(19)18-10-13(14-4-2-3-5-15(14)18)11-23-9-8-22-17(23)16-20-6-7-21-16/h2-9,13H,10-11H2,1H3/q+1. The molecular formula is C17H16NOS4+. The molecule has 1 amide bonds. The highest BCUT2D eigenvalue weighted by Gasteiger charge is 2.39. The highest BCUT2D eigenvalue weighted by Crippen LogP contribution is 2.50. The van der Waals surface area contributed by atoms with E-state index in [-0.39, 0.29) is 16.8 Å². The van der Waals surface area contributed by atoms with Gasteiger partial charge in [0.15, 0.2) is 0 Å². The summed E-state index contributed by atoms with van der Waals surface area (Å²) in [6.07, 6.45) is 0. The second kappa shape index (κ2) is 6.67. The van der Waals surface area contributed by atoms with Crippen molar-refractivity contribution < 1.29 is 4.79 Å². The number of hydrogen-bond acceptors (Lipinski definition) is 4. The summed E-state index contributed by atoms with van der Waals surface area (Å²) in [5, 5.41) is 8.91. The summed E-state index contributed by atoms with van der Waals surface area (Å²) in [6, 6.07) is 8.37.